The Morgan fingerprint density at radius 2 is 1.87 bits per heavy atom. The van der Waals surface area contributed by atoms with E-state index in [2.05, 4.69) is 20.4 Å². The maximum Gasteiger partial charge on any atom is 0.262 e. The van der Waals surface area contributed by atoms with Gasteiger partial charge in [-0.15, -0.1) is 0 Å². The van der Waals surface area contributed by atoms with Crippen LogP contribution in [-0.2, 0) is 11.2 Å². The van der Waals surface area contributed by atoms with E-state index in [1.54, 1.807) is 48.8 Å². The SMILES string of the molecule is O=C(COc1ccc(Cl)cc1Cl)Nc1ccccc1Cc1nc(-c2ccncc2)no1. The lowest BCUT2D eigenvalue weighted by Crippen LogP contribution is -2.21. The molecule has 4 rings (SSSR count). The number of carbonyl (C=O) groups excluding carboxylic acids is 1. The normalized spacial score (nSPS) is 10.6. The van der Waals surface area contributed by atoms with Gasteiger partial charge in [0.1, 0.15) is 5.75 Å². The number of rotatable bonds is 7. The fraction of sp³-hybridized carbons (Fsp3) is 0.0909. The first-order valence-electron chi connectivity index (χ1n) is 9.27. The second kappa shape index (κ2) is 9.59. The van der Waals surface area contributed by atoms with Crippen LogP contribution in [-0.4, -0.2) is 27.6 Å². The Hall–Kier alpha value is -3.42. The molecule has 0 fully saturated rings. The van der Waals surface area contributed by atoms with Gasteiger partial charge in [-0.25, -0.2) is 0 Å². The highest BCUT2D eigenvalue weighted by Gasteiger charge is 2.13. The number of pyridine rings is 1. The zero-order chi connectivity index (χ0) is 21.6. The fourth-order valence-electron chi connectivity index (χ4n) is 2.83. The van der Waals surface area contributed by atoms with Crippen molar-refractivity contribution < 1.29 is 14.1 Å². The summed E-state index contributed by atoms with van der Waals surface area (Å²) in [4.78, 5) is 20.8. The highest BCUT2D eigenvalue weighted by Crippen LogP contribution is 2.27. The van der Waals surface area contributed by atoms with Gasteiger partial charge >= 0.3 is 0 Å². The van der Waals surface area contributed by atoms with Crippen LogP contribution in [0.25, 0.3) is 11.4 Å². The quantitative estimate of drug-likeness (QED) is 0.420. The maximum absolute atomic E-state index is 12.4. The lowest BCUT2D eigenvalue weighted by molar-refractivity contribution is -0.118. The van der Waals surface area contributed by atoms with E-state index >= 15 is 0 Å². The third-order valence-electron chi connectivity index (χ3n) is 4.29. The maximum atomic E-state index is 12.4. The minimum atomic E-state index is -0.332. The molecule has 0 aliphatic heterocycles. The van der Waals surface area contributed by atoms with Gasteiger partial charge in [0.25, 0.3) is 5.91 Å². The largest absolute Gasteiger partial charge is 0.482 e. The highest BCUT2D eigenvalue weighted by atomic mass is 35.5. The minimum absolute atomic E-state index is 0.206. The number of hydrogen-bond acceptors (Lipinski definition) is 6. The number of carbonyl (C=O) groups is 1. The first-order chi connectivity index (χ1) is 15.1. The van der Waals surface area contributed by atoms with Crippen molar-refractivity contribution in [3.05, 3.63) is 88.5 Å². The van der Waals surface area contributed by atoms with Gasteiger partial charge in [-0.2, -0.15) is 4.98 Å². The Morgan fingerprint density at radius 1 is 1.06 bits per heavy atom. The van der Waals surface area contributed by atoms with Crippen molar-refractivity contribution in [1.29, 1.82) is 0 Å². The number of nitrogens with one attached hydrogen (secondary N) is 1. The van der Waals surface area contributed by atoms with Crippen molar-refractivity contribution in [1.82, 2.24) is 15.1 Å². The summed E-state index contributed by atoms with van der Waals surface area (Å²) in [6.45, 7) is -0.206. The van der Waals surface area contributed by atoms with E-state index in [0.29, 0.717) is 39.6 Å². The second-order valence-corrected chi connectivity index (χ2v) is 7.34. The third kappa shape index (κ3) is 5.39. The summed E-state index contributed by atoms with van der Waals surface area (Å²) in [5, 5.41) is 7.67. The van der Waals surface area contributed by atoms with Crippen LogP contribution in [0.5, 0.6) is 5.75 Å². The van der Waals surface area contributed by atoms with E-state index in [1.165, 1.54) is 0 Å². The topological polar surface area (TPSA) is 90.1 Å². The van der Waals surface area contributed by atoms with Crippen molar-refractivity contribution >= 4 is 34.8 Å². The summed E-state index contributed by atoms with van der Waals surface area (Å²) >= 11 is 11.9. The number of ether oxygens (including phenoxy) is 1. The van der Waals surface area contributed by atoms with Crippen molar-refractivity contribution in [3.8, 4) is 17.1 Å². The summed E-state index contributed by atoms with van der Waals surface area (Å²) in [7, 11) is 0. The van der Waals surface area contributed by atoms with Crippen LogP contribution >= 0.6 is 23.2 Å². The molecule has 156 valence electrons. The van der Waals surface area contributed by atoms with Crippen LogP contribution in [0.2, 0.25) is 10.0 Å². The molecule has 0 aliphatic carbocycles. The molecule has 1 amide bonds. The van der Waals surface area contributed by atoms with Crippen molar-refractivity contribution in [2.75, 3.05) is 11.9 Å². The zero-order valence-electron chi connectivity index (χ0n) is 16.1. The molecule has 0 saturated carbocycles. The number of aromatic nitrogens is 3. The van der Waals surface area contributed by atoms with Gasteiger partial charge < -0.3 is 14.6 Å². The molecule has 0 spiro atoms. The minimum Gasteiger partial charge on any atom is -0.482 e. The lowest BCUT2D eigenvalue weighted by atomic mass is 10.1. The third-order valence-corrected chi connectivity index (χ3v) is 4.82. The van der Waals surface area contributed by atoms with Gasteiger partial charge in [0, 0.05) is 28.7 Å². The van der Waals surface area contributed by atoms with Crippen LogP contribution in [0.1, 0.15) is 11.5 Å². The molecule has 0 unspecified atom stereocenters. The van der Waals surface area contributed by atoms with Crippen LogP contribution in [0, 0.1) is 0 Å². The Balaban J connectivity index is 1.41. The van der Waals surface area contributed by atoms with Gasteiger partial charge in [-0.1, -0.05) is 46.6 Å². The molecule has 0 atom stereocenters. The lowest BCUT2D eigenvalue weighted by Gasteiger charge is -2.11. The van der Waals surface area contributed by atoms with Crippen molar-refractivity contribution in [2.45, 2.75) is 6.42 Å². The number of hydrogen-bond donors (Lipinski definition) is 1. The van der Waals surface area contributed by atoms with E-state index in [4.69, 9.17) is 32.5 Å². The number of amides is 1. The average Bonchev–Trinajstić information content (AvgIpc) is 3.24. The average molecular weight is 455 g/mol. The number of halogens is 2. The van der Waals surface area contributed by atoms with E-state index < -0.39 is 0 Å². The smallest absolute Gasteiger partial charge is 0.262 e. The van der Waals surface area contributed by atoms with Gasteiger partial charge in [0.05, 0.1) is 11.4 Å². The predicted molar refractivity (Wildman–Crippen MR) is 117 cm³/mol. The summed E-state index contributed by atoms with van der Waals surface area (Å²) in [6.07, 6.45) is 3.68. The molecule has 2 heterocycles. The second-order valence-electron chi connectivity index (χ2n) is 6.49. The summed E-state index contributed by atoms with van der Waals surface area (Å²) in [6, 6.07) is 15.8. The van der Waals surface area contributed by atoms with Crippen molar-refractivity contribution in [2.24, 2.45) is 0 Å². The number of nitrogens with zero attached hydrogens (tertiary/aromatic N) is 3. The molecule has 7 nitrogen and oxygen atoms in total. The Morgan fingerprint density at radius 3 is 2.68 bits per heavy atom. The number of para-hydroxylation sites is 1. The molecule has 0 radical (unpaired) electrons. The van der Waals surface area contributed by atoms with E-state index in [-0.39, 0.29) is 12.5 Å². The molecule has 4 aromatic rings. The summed E-state index contributed by atoms with van der Waals surface area (Å²) in [5.74, 6) is 0.954. The van der Waals surface area contributed by atoms with E-state index in [1.807, 2.05) is 18.2 Å². The molecule has 0 aliphatic rings. The molecule has 0 saturated heterocycles. The summed E-state index contributed by atoms with van der Waals surface area (Å²) in [5.41, 5.74) is 2.26. The molecular formula is C22H16Cl2N4O3. The first-order valence-corrected chi connectivity index (χ1v) is 10.0. The molecule has 1 N–H and O–H groups in total. The molecular weight excluding hydrogens is 439 g/mol. The Bertz CT molecular complexity index is 1200. The number of anilines is 1. The molecule has 2 aromatic heterocycles. The molecule has 9 heteroatoms. The van der Waals surface area contributed by atoms with Crippen LogP contribution < -0.4 is 10.1 Å². The Kier molecular flexibility index (Phi) is 6.45. The van der Waals surface area contributed by atoms with Gasteiger partial charge in [-0.05, 0) is 42.0 Å². The predicted octanol–water partition coefficient (Wildman–Crippen LogP) is 5.05. The molecule has 0 bridgehead atoms. The van der Waals surface area contributed by atoms with E-state index in [9.17, 15) is 4.79 Å². The van der Waals surface area contributed by atoms with Crippen LogP contribution in [0.4, 0.5) is 5.69 Å². The summed E-state index contributed by atoms with van der Waals surface area (Å²) < 4.78 is 10.9. The van der Waals surface area contributed by atoms with E-state index in [0.717, 1.165) is 11.1 Å². The number of benzene rings is 2. The first kappa shape index (κ1) is 20.8. The Labute approximate surface area is 188 Å². The van der Waals surface area contributed by atoms with Gasteiger partial charge in [-0.3, -0.25) is 9.78 Å². The van der Waals surface area contributed by atoms with Gasteiger partial charge in [0.15, 0.2) is 6.61 Å². The molecule has 2 aromatic carbocycles. The highest BCUT2D eigenvalue weighted by molar-refractivity contribution is 6.35. The van der Waals surface area contributed by atoms with Crippen LogP contribution in [0.3, 0.4) is 0 Å². The van der Waals surface area contributed by atoms with Crippen molar-refractivity contribution in [3.63, 3.8) is 0 Å². The standard InChI is InChI=1S/C22H16Cl2N4O3/c23-16-5-6-19(17(24)12-16)30-13-20(29)26-18-4-2-1-3-15(18)11-21-27-22(28-31-21)14-7-9-25-10-8-14/h1-10,12H,11,13H2,(H,26,29). The van der Waals surface area contributed by atoms with Gasteiger partial charge in [0.2, 0.25) is 11.7 Å². The monoisotopic (exact) mass is 454 g/mol. The zero-order valence-corrected chi connectivity index (χ0v) is 17.6. The fourth-order valence-corrected chi connectivity index (χ4v) is 3.29. The van der Waals surface area contributed by atoms with Crippen LogP contribution in [0.15, 0.2) is 71.5 Å². The molecule has 31 heavy (non-hydrogen) atoms.